The van der Waals surface area contributed by atoms with Gasteiger partial charge in [0, 0.05) is 10.9 Å². The first-order valence-electron chi connectivity index (χ1n) is 10.8. The van der Waals surface area contributed by atoms with E-state index >= 15 is 0 Å². The second-order valence-electron chi connectivity index (χ2n) is 10.1. The zero-order chi connectivity index (χ0) is 19.4. The molecule has 1 aromatic heterocycles. The van der Waals surface area contributed by atoms with E-state index in [0.29, 0.717) is 28.2 Å². The van der Waals surface area contributed by atoms with Gasteiger partial charge in [-0.1, -0.05) is 18.2 Å². The van der Waals surface area contributed by atoms with Crippen LogP contribution in [-0.2, 0) is 4.79 Å². The number of carbonyl (C=O) groups is 2. The fraction of sp³-hybridized carbons (Fsp3) is 0.440. The highest BCUT2D eigenvalue weighted by atomic mass is 16.3. The molecule has 3 bridgehead atoms. The summed E-state index contributed by atoms with van der Waals surface area (Å²) < 4.78 is 5.98. The van der Waals surface area contributed by atoms with Crippen LogP contribution in [0.2, 0.25) is 0 Å². The van der Waals surface area contributed by atoms with Crippen molar-refractivity contribution in [2.75, 3.05) is 5.32 Å². The molecule has 1 amide bonds. The third kappa shape index (κ3) is 1.86. The molecule has 4 nitrogen and oxygen atoms in total. The summed E-state index contributed by atoms with van der Waals surface area (Å²) in [4.78, 5) is 25.6. The number of aldehydes is 1. The average Bonchev–Trinajstić information content (AvgIpc) is 3.26. The van der Waals surface area contributed by atoms with Crippen molar-refractivity contribution in [2.45, 2.75) is 38.5 Å². The highest BCUT2D eigenvalue weighted by molar-refractivity contribution is 6.17. The van der Waals surface area contributed by atoms with Crippen molar-refractivity contribution >= 4 is 39.8 Å². The number of carbonyl (C=O) groups excluding carboxylic acids is 2. The quantitative estimate of drug-likeness (QED) is 0.601. The fourth-order valence-corrected chi connectivity index (χ4v) is 7.94. The maximum Gasteiger partial charge on any atom is 0.230 e. The molecule has 0 saturated heterocycles. The van der Waals surface area contributed by atoms with E-state index in [-0.39, 0.29) is 11.3 Å². The van der Waals surface area contributed by atoms with Gasteiger partial charge in [-0.25, -0.2) is 0 Å². The number of benzene rings is 2. The SMILES string of the molecule is O=Cc1ccc2oc3ccccc3c2c1NC(=O)C12CC3CC4CC(C1)C4(C3)C2. The van der Waals surface area contributed by atoms with E-state index < -0.39 is 0 Å². The number of rotatable bonds is 3. The van der Waals surface area contributed by atoms with Crippen molar-refractivity contribution in [1.82, 2.24) is 0 Å². The van der Waals surface area contributed by atoms with Crippen molar-refractivity contribution in [3.05, 3.63) is 42.0 Å². The molecule has 3 aromatic rings. The smallest absolute Gasteiger partial charge is 0.230 e. The molecular weight excluding hydrogens is 362 g/mol. The highest BCUT2D eigenvalue weighted by Gasteiger charge is 2.72. The summed E-state index contributed by atoms with van der Waals surface area (Å²) in [6, 6.07) is 11.4. The van der Waals surface area contributed by atoms with Gasteiger partial charge in [0.1, 0.15) is 11.2 Å². The molecule has 4 aliphatic carbocycles. The van der Waals surface area contributed by atoms with Crippen LogP contribution in [0.5, 0.6) is 0 Å². The van der Waals surface area contributed by atoms with Crippen molar-refractivity contribution < 1.29 is 14.0 Å². The van der Waals surface area contributed by atoms with Gasteiger partial charge in [-0.05, 0) is 79.9 Å². The van der Waals surface area contributed by atoms with Crippen molar-refractivity contribution in [1.29, 1.82) is 0 Å². The van der Waals surface area contributed by atoms with Gasteiger partial charge in [0.2, 0.25) is 5.91 Å². The van der Waals surface area contributed by atoms with Crippen LogP contribution in [0.15, 0.2) is 40.8 Å². The van der Waals surface area contributed by atoms with E-state index in [0.717, 1.165) is 53.7 Å². The lowest BCUT2D eigenvalue weighted by molar-refractivity contribution is -0.127. The van der Waals surface area contributed by atoms with E-state index in [1.807, 2.05) is 30.3 Å². The van der Waals surface area contributed by atoms with Gasteiger partial charge >= 0.3 is 0 Å². The molecule has 146 valence electrons. The van der Waals surface area contributed by atoms with E-state index in [4.69, 9.17) is 4.42 Å². The summed E-state index contributed by atoms with van der Waals surface area (Å²) in [5.74, 6) is 2.43. The standard InChI is InChI=1S/C25H23NO3/c27-12-15-5-6-20-21(18-3-1-2-4-19(18)29-20)22(15)26-23(28)24-9-14-7-16-8-17(11-24)25(16,10-14)13-24/h1-6,12,14,16-17H,7-11,13H2,(H,26,28). The van der Waals surface area contributed by atoms with Crippen LogP contribution in [0.4, 0.5) is 5.69 Å². The monoisotopic (exact) mass is 385 g/mol. The van der Waals surface area contributed by atoms with Crippen LogP contribution < -0.4 is 5.32 Å². The Bertz CT molecular complexity index is 1220. The van der Waals surface area contributed by atoms with Crippen LogP contribution in [0, 0.1) is 28.6 Å². The minimum atomic E-state index is -0.249. The number of nitrogens with one attached hydrogen (secondary N) is 1. The molecule has 5 unspecified atom stereocenters. The molecule has 29 heavy (non-hydrogen) atoms. The Kier molecular flexibility index (Phi) is 2.85. The molecule has 5 atom stereocenters. The molecule has 4 saturated carbocycles. The van der Waals surface area contributed by atoms with Crippen LogP contribution in [0.3, 0.4) is 0 Å². The van der Waals surface area contributed by atoms with Crippen molar-refractivity contribution in [3.8, 4) is 0 Å². The number of hydrogen-bond acceptors (Lipinski definition) is 3. The molecule has 1 spiro atoms. The van der Waals surface area contributed by atoms with Gasteiger partial charge in [-0.3, -0.25) is 9.59 Å². The molecule has 4 fully saturated rings. The topological polar surface area (TPSA) is 59.3 Å². The maximum atomic E-state index is 13.7. The normalized spacial score (nSPS) is 36.3. The summed E-state index contributed by atoms with van der Waals surface area (Å²) in [7, 11) is 0. The van der Waals surface area contributed by atoms with Gasteiger partial charge in [-0.15, -0.1) is 0 Å². The third-order valence-electron chi connectivity index (χ3n) is 8.89. The Balaban J connectivity index is 1.35. The third-order valence-corrected chi connectivity index (χ3v) is 8.89. The largest absolute Gasteiger partial charge is 0.456 e. The maximum absolute atomic E-state index is 13.7. The van der Waals surface area contributed by atoms with E-state index in [1.165, 1.54) is 19.3 Å². The average molecular weight is 385 g/mol. The van der Waals surface area contributed by atoms with Crippen LogP contribution in [-0.4, -0.2) is 12.2 Å². The van der Waals surface area contributed by atoms with Crippen molar-refractivity contribution in [2.24, 2.45) is 28.6 Å². The first kappa shape index (κ1) is 16.2. The van der Waals surface area contributed by atoms with Gasteiger partial charge in [0.05, 0.1) is 16.5 Å². The van der Waals surface area contributed by atoms with Gasteiger partial charge in [0.25, 0.3) is 0 Å². The zero-order valence-electron chi connectivity index (χ0n) is 16.2. The molecule has 0 radical (unpaired) electrons. The first-order valence-corrected chi connectivity index (χ1v) is 10.8. The van der Waals surface area contributed by atoms with E-state index in [1.54, 1.807) is 6.07 Å². The first-order chi connectivity index (χ1) is 14.1. The van der Waals surface area contributed by atoms with Gasteiger partial charge < -0.3 is 9.73 Å². The number of furan rings is 1. The Morgan fingerprint density at radius 1 is 1.03 bits per heavy atom. The van der Waals surface area contributed by atoms with Gasteiger partial charge in [0.15, 0.2) is 6.29 Å². The Morgan fingerprint density at radius 3 is 2.83 bits per heavy atom. The van der Waals surface area contributed by atoms with E-state index in [9.17, 15) is 9.59 Å². The Morgan fingerprint density at radius 2 is 1.93 bits per heavy atom. The molecule has 7 rings (SSSR count). The zero-order valence-corrected chi connectivity index (χ0v) is 16.2. The molecule has 4 aliphatic rings. The lowest BCUT2D eigenvalue weighted by Gasteiger charge is -2.49. The summed E-state index contributed by atoms with van der Waals surface area (Å²) >= 11 is 0. The predicted octanol–water partition coefficient (Wildman–Crippen LogP) is 5.55. The number of fused-ring (bicyclic) bond motifs is 5. The van der Waals surface area contributed by atoms with Crippen LogP contribution in [0.1, 0.15) is 48.9 Å². The molecular formula is C25H23NO3. The molecule has 0 aliphatic heterocycles. The predicted molar refractivity (Wildman–Crippen MR) is 111 cm³/mol. The number of anilines is 1. The second-order valence-corrected chi connectivity index (χ2v) is 10.1. The fourth-order valence-electron chi connectivity index (χ4n) is 7.94. The summed E-state index contributed by atoms with van der Waals surface area (Å²) in [5, 5.41) is 5.02. The summed E-state index contributed by atoms with van der Waals surface area (Å²) in [6.07, 6.45) is 7.94. The molecule has 1 N–H and O–H groups in total. The number of hydrogen-bond donors (Lipinski definition) is 1. The minimum Gasteiger partial charge on any atom is -0.456 e. The Hall–Kier alpha value is -2.62. The van der Waals surface area contributed by atoms with Crippen LogP contribution >= 0.6 is 0 Å². The Labute approximate surface area is 168 Å². The molecule has 2 aromatic carbocycles. The van der Waals surface area contributed by atoms with Gasteiger partial charge in [-0.2, -0.15) is 0 Å². The lowest BCUT2D eigenvalue weighted by atomic mass is 9.55. The van der Waals surface area contributed by atoms with E-state index in [2.05, 4.69) is 5.32 Å². The lowest BCUT2D eigenvalue weighted by Crippen LogP contribution is -2.43. The van der Waals surface area contributed by atoms with Crippen LogP contribution in [0.25, 0.3) is 21.9 Å². The number of amides is 1. The molecule has 4 heteroatoms. The van der Waals surface area contributed by atoms with Crippen molar-refractivity contribution in [3.63, 3.8) is 0 Å². The highest BCUT2D eigenvalue weighted by Crippen LogP contribution is 2.78. The second kappa shape index (κ2) is 5.10. The summed E-state index contributed by atoms with van der Waals surface area (Å²) in [6.45, 7) is 0. The minimum absolute atomic E-state index is 0.123. The molecule has 1 heterocycles. The number of para-hydroxylation sites is 1. The summed E-state index contributed by atoms with van der Waals surface area (Å²) in [5.41, 5.74) is 2.83.